The van der Waals surface area contributed by atoms with Gasteiger partial charge in [-0.25, -0.2) is 4.79 Å². The van der Waals surface area contributed by atoms with Crippen LogP contribution in [-0.4, -0.2) is 17.7 Å². The highest BCUT2D eigenvalue weighted by Crippen LogP contribution is 2.22. The molecule has 112 valence electrons. The van der Waals surface area contributed by atoms with Crippen LogP contribution in [0.1, 0.15) is 44.9 Å². The zero-order valence-corrected chi connectivity index (χ0v) is 13.4. The molecule has 1 rings (SSSR count). The standard InChI is InChI=1S/C15H23ClN2O2/c1-9-6-7-11(16)8-12(9)13(17)10(2)18-14(19)20-15(3,4)5/h6-8,10,13H,17H2,1-5H3,(H,18,19). The lowest BCUT2D eigenvalue weighted by atomic mass is 9.97. The molecule has 5 heteroatoms. The molecule has 0 aliphatic heterocycles. The van der Waals surface area contributed by atoms with Gasteiger partial charge in [0.2, 0.25) is 0 Å². The molecule has 0 saturated carbocycles. The average molecular weight is 299 g/mol. The third-order valence-corrected chi connectivity index (χ3v) is 3.12. The topological polar surface area (TPSA) is 64.3 Å². The lowest BCUT2D eigenvalue weighted by Gasteiger charge is -2.26. The van der Waals surface area contributed by atoms with E-state index in [0.717, 1.165) is 11.1 Å². The smallest absolute Gasteiger partial charge is 0.407 e. The number of hydrogen-bond acceptors (Lipinski definition) is 3. The molecule has 2 unspecified atom stereocenters. The zero-order chi connectivity index (χ0) is 15.5. The first-order valence-corrected chi connectivity index (χ1v) is 6.99. The van der Waals surface area contributed by atoms with Gasteiger partial charge in [0.1, 0.15) is 5.60 Å². The van der Waals surface area contributed by atoms with Gasteiger partial charge in [0.05, 0.1) is 6.04 Å². The predicted molar refractivity (Wildman–Crippen MR) is 81.9 cm³/mol. The third kappa shape index (κ3) is 5.02. The largest absolute Gasteiger partial charge is 0.444 e. The van der Waals surface area contributed by atoms with E-state index in [2.05, 4.69) is 5.32 Å². The quantitative estimate of drug-likeness (QED) is 0.897. The van der Waals surface area contributed by atoms with Crippen LogP contribution in [0.25, 0.3) is 0 Å². The minimum absolute atomic E-state index is 0.262. The summed E-state index contributed by atoms with van der Waals surface area (Å²) in [5.74, 6) is 0. The summed E-state index contributed by atoms with van der Waals surface area (Å²) in [6.45, 7) is 9.26. The van der Waals surface area contributed by atoms with Crippen molar-refractivity contribution in [1.82, 2.24) is 5.32 Å². The van der Waals surface area contributed by atoms with Gasteiger partial charge in [-0.3, -0.25) is 0 Å². The van der Waals surface area contributed by atoms with Crippen LogP contribution in [0.2, 0.25) is 5.02 Å². The van der Waals surface area contributed by atoms with Crippen LogP contribution in [0.15, 0.2) is 18.2 Å². The summed E-state index contributed by atoms with van der Waals surface area (Å²) in [6.07, 6.45) is -0.472. The van der Waals surface area contributed by atoms with E-state index >= 15 is 0 Å². The zero-order valence-electron chi connectivity index (χ0n) is 12.7. The first-order valence-electron chi connectivity index (χ1n) is 6.61. The Hall–Kier alpha value is -1.26. The molecule has 1 amide bonds. The van der Waals surface area contributed by atoms with Gasteiger partial charge in [0, 0.05) is 11.1 Å². The van der Waals surface area contributed by atoms with Crippen LogP contribution < -0.4 is 11.1 Å². The maximum atomic E-state index is 11.7. The Morgan fingerprint density at radius 3 is 2.55 bits per heavy atom. The summed E-state index contributed by atoms with van der Waals surface area (Å²) >= 11 is 5.99. The molecule has 0 bridgehead atoms. The van der Waals surface area contributed by atoms with E-state index < -0.39 is 11.7 Å². The van der Waals surface area contributed by atoms with Crippen molar-refractivity contribution in [3.05, 3.63) is 34.3 Å². The summed E-state index contributed by atoms with van der Waals surface area (Å²) in [6, 6.07) is 4.95. The molecule has 20 heavy (non-hydrogen) atoms. The number of nitrogens with two attached hydrogens (primary N) is 1. The van der Waals surface area contributed by atoms with Gasteiger partial charge >= 0.3 is 6.09 Å². The molecule has 2 atom stereocenters. The molecule has 0 aromatic heterocycles. The molecule has 0 radical (unpaired) electrons. The summed E-state index contributed by atoms with van der Waals surface area (Å²) < 4.78 is 5.22. The van der Waals surface area contributed by atoms with Crippen molar-refractivity contribution in [2.45, 2.75) is 52.3 Å². The highest BCUT2D eigenvalue weighted by atomic mass is 35.5. The predicted octanol–water partition coefficient (Wildman–Crippen LogP) is 3.56. The van der Waals surface area contributed by atoms with Crippen LogP contribution in [0.5, 0.6) is 0 Å². The number of ether oxygens (including phenoxy) is 1. The highest BCUT2D eigenvalue weighted by Gasteiger charge is 2.22. The number of rotatable bonds is 3. The molecule has 0 heterocycles. The fraction of sp³-hybridized carbons (Fsp3) is 0.533. The number of amides is 1. The number of hydrogen-bond donors (Lipinski definition) is 2. The minimum atomic E-state index is -0.528. The number of aryl methyl sites for hydroxylation is 1. The van der Waals surface area contributed by atoms with Gasteiger partial charge in [-0.05, 0) is 57.9 Å². The summed E-state index contributed by atoms with van der Waals surface area (Å²) in [7, 11) is 0. The van der Waals surface area contributed by atoms with Crippen molar-refractivity contribution in [3.63, 3.8) is 0 Å². The second kappa shape index (κ2) is 6.46. The first kappa shape index (κ1) is 16.8. The number of halogens is 1. The molecule has 1 aromatic carbocycles. The second-order valence-electron chi connectivity index (χ2n) is 5.96. The molecule has 0 saturated heterocycles. The van der Waals surface area contributed by atoms with E-state index in [1.165, 1.54) is 0 Å². The van der Waals surface area contributed by atoms with E-state index in [9.17, 15) is 4.79 Å². The maximum absolute atomic E-state index is 11.7. The highest BCUT2D eigenvalue weighted by molar-refractivity contribution is 6.30. The Labute approximate surface area is 125 Å². The fourth-order valence-electron chi connectivity index (χ4n) is 1.82. The fourth-order valence-corrected chi connectivity index (χ4v) is 2.00. The third-order valence-electron chi connectivity index (χ3n) is 2.88. The first-order chi connectivity index (χ1) is 9.10. The summed E-state index contributed by atoms with van der Waals surface area (Å²) in [4.78, 5) is 11.7. The van der Waals surface area contributed by atoms with Gasteiger partial charge in [0.15, 0.2) is 0 Å². The van der Waals surface area contributed by atoms with Gasteiger partial charge in [-0.2, -0.15) is 0 Å². The van der Waals surface area contributed by atoms with E-state index in [1.54, 1.807) is 0 Å². The van der Waals surface area contributed by atoms with E-state index in [0.29, 0.717) is 5.02 Å². The van der Waals surface area contributed by atoms with Gasteiger partial charge in [-0.15, -0.1) is 0 Å². The average Bonchev–Trinajstić information content (AvgIpc) is 2.28. The van der Waals surface area contributed by atoms with Crippen LogP contribution in [0.3, 0.4) is 0 Å². The lowest BCUT2D eigenvalue weighted by Crippen LogP contribution is -2.43. The minimum Gasteiger partial charge on any atom is -0.444 e. The Bertz CT molecular complexity index is 483. The number of carbonyl (C=O) groups is 1. The van der Waals surface area contributed by atoms with Gasteiger partial charge < -0.3 is 15.8 Å². The van der Waals surface area contributed by atoms with Crippen LogP contribution in [0.4, 0.5) is 4.79 Å². The molecular weight excluding hydrogens is 276 g/mol. The molecule has 0 fully saturated rings. The Morgan fingerprint density at radius 2 is 2.00 bits per heavy atom. The van der Waals surface area contributed by atoms with E-state index in [1.807, 2.05) is 52.8 Å². The Balaban J connectivity index is 2.74. The number of alkyl carbamates (subject to hydrolysis) is 1. The Morgan fingerprint density at radius 1 is 1.40 bits per heavy atom. The molecule has 0 aliphatic carbocycles. The molecule has 4 nitrogen and oxygen atoms in total. The van der Waals surface area contributed by atoms with Gasteiger partial charge in [-0.1, -0.05) is 17.7 Å². The lowest BCUT2D eigenvalue weighted by molar-refractivity contribution is 0.0501. The molecule has 1 aromatic rings. The van der Waals surface area contributed by atoms with Crippen molar-refractivity contribution in [2.75, 3.05) is 0 Å². The van der Waals surface area contributed by atoms with Crippen molar-refractivity contribution in [1.29, 1.82) is 0 Å². The molecule has 0 spiro atoms. The van der Waals surface area contributed by atoms with Crippen molar-refractivity contribution in [3.8, 4) is 0 Å². The normalized spacial score (nSPS) is 14.6. The molecular formula is C15H23ClN2O2. The number of benzene rings is 1. The second-order valence-corrected chi connectivity index (χ2v) is 6.40. The number of carbonyl (C=O) groups excluding carboxylic acids is 1. The van der Waals surface area contributed by atoms with Crippen LogP contribution in [-0.2, 0) is 4.74 Å². The van der Waals surface area contributed by atoms with Gasteiger partial charge in [0.25, 0.3) is 0 Å². The van der Waals surface area contributed by atoms with Crippen LogP contribution in [0, 0.1) is 6.92 Å². The SMILES string of the molecule is Cc1ccc(Cl)cc1C(N)C(C)NC(=O)OC(C)(C)C. The van der Waals surface area contributed by atoms with Crippen LogP contribution >= 0.6 is 11.6 Å². The molecule has 3 N–H and O–H groups in total. The van der Waals surface area contributed by atoms with E-state index in [4.69, 9.17) is 22.1 Å². The summed E-state index contributed by atoms with van der Waals surface area (Å²) in [5.41, 5.74) is 7.62. The summed E-state index contributed by atoms with van der Waals surface area (Å²) in [5, 5.41) is 3.38. The maximum Gasteiger partial charge on any atom is 0.407 e. The number of nitrogens with one attached hydrogen (secondary N) is 1. The monoisotopic (exact) mass is 298 g/mol. The molecule has 0 aliphatic rings. The van der Waals surface area contributed by atoms with Crippen molar-refractivity contribution in [2.24, 2.45) is 5.73 Å². The Kier molecular flexibility index (Phi) is 5.42. The van der Waals surface area contributed by atoms with Crippen molar-refractivity contribution >= 4 is 17.7 Å². The van der Waals surface area contributed by atoms with E-state index in [-0.39, 0.29) is 12.1 Å². The van der Waals surface area contributed by atoms with Crippen molar-refractivity contribution < 1.29 is 9.53 Å².